The van der Waals surface area contributed by atoms with E-state index < -0.39 is 0 Å². The Balaban J connectivity index is 1.49. The molecular formula is C19H34N2O3S. The Morgan fingerprint density at radius 1 is 1.08 bits per heavy atom. The Kier molecular flexibility index (Phi) is 7.90. The van der Waals surface area contributed by atoms with Gasteiger partial charge in [-0.05, 0) is 70.1 Å². The molecule has 0 radical (unpaired) electrons. The highest BCUT2D eigenvalue weighted by Crippen LogP contribution is 2.28. The highest BCUT2D eigenvalue weighted by Gasteiger charge is 2.30. The first-order chi connectivity index (χ1) is 12.3. The molecule has 1 N–H and O–H groups in total. The van der Waals surface area contributed by atoms with Crippen LogP contribution in [0.2, 0.25) is 0 Å². The maximum absolute atomic E-state index is 12.9. The third kappa shape index (κ3) is 5.84. The summed E-state index contributed by atoms with van der Waals surface area (Å²) in [5.74, 6) is 1.41. The molecule has 0 bridgehead atoms. The molecule has 1 saturated carbocycles. The number of rotatable bonds is 7. The molecule has 3 rings (SSSR count). The summed E-state index contributed by atoms with van der Waals surface area (Å²) in [6, 6.07) is 0. The number of carbonyl (C=O) groups is 1. The summed E-state index contributed by atoms with van der Waals surface area (Å²) in [4.78, 5) is 15.0. The third-order valence-electron chi connectivity index (χ3n) is 5.80. The van der Waals surface area contributed by atoms with Crippen molar-refractivity contribution < 1.29 is 14.3 Å². The van der Waals surface area contributed by atoms with Crippen LogP contribution in [0.4, 0.5) is 0 Å². The second kappa shape index (κ2) is 10.1. The molecule has 25 heavy (non-hydrogen) atoms. The van der Waals surface area contributed by atoms with Crippen LogP contribution in [-0.2, 0) is 14.3 Å². The van der Waals surface area contributed by atoms with E-state index in [4.69, 9.17) is 9.47 Å². The molecule has 0 spiro atoms. The number of methoxy groups -OCH3 is 1. The molecule has 2 aliphatic heterocycles. The van der Waals surface area contributed by atoms with E-state index in [2.05, 4.69) is 10.2 Å². The van der Waals surface area contributed by atoms with E-state index in [1.165, 1.54) is 31.4 Å². The number of hydrogen-bond acceptors (Lipinski definition) is 5. The van der Waals surface area contributed by atoms with Crippen molar-refractivity contribution in [2.75, 3.05) is 32.6 Å². The van der Waals surface area contributed by atoms with Gasteiger partial charge in [-0.25, -0.2) is 0 Å². The number of piperidine rings is 1. The largest absolute Gasteiger partial charge is 0.381 e. The number of amides is 1. The van der Waals surface area contributed by atoms with Gasteiger partial charge in [-0.2, -0.15) is 11.8 Å². The third-order valence-corrected chi connectivity index (χ3v) is 7.18. The van der Waals surface area contributed by atoms with E-state index in [1.54, 1.807) is 7.11 Å². The molecule has 3 aliphatic rings. The molecule has 144 valence electrons. The van der Waals surface area contributed by atoms with Crippen LogP contribution in [0.3, 0.4) is 0 Å². The van der Waals surface area contributed by atoms with E-state index in [9.17, 15) is 4.79 Å². The van der Waals surface area contributed by atoms with Gasteiger partial charge in [0.15, 0.2) is 0 Å². The second-order valence-electron chi connectivity index (χ2n) is 7.59. The minimum atomic E-state index is 0.167. The Morgan fingerprint density at radius 2 is 1.88 bits per heavy atom. The van der Waals surface area contributed by atoms with Crippen molar-refractivity contribution >= 4 is 17.7 Å². The predicted molar refractivity (Wildman–Crippen MR) is 102 cm³/mol. The first-order valence-corrected chi connectivity index (χ1v) is 11.1. The van der Waals surface area contributed by atoms with Crippen molar-refractivity contribution in [3.8, 4) is 0 Å². The summed E-state index contributed by atoms with van der Waals surface area (Å²) in [7, 11) is 1.78. The molecule has 3 fully saturated rings. The lowest BCUT2D eigenvalue weighted by atomic mass is 9.95. The quantitative estimate of drug-likeness (QED) is 0.747. The van der Waals surface area contributed by atoms with Crippen LogP contribution in [0.15, 0.2) is 0 Å². The van der Waals surface area contributed by atoms with Crippen LogP contribution in [0.5, 0.6) is 0 Å². The molecule has 5 nitrogen and oxygen atoms in total. The number of hydrogen-bond donors (Lipinski definition) is 1. The Hall–Kier alpha value is -0.300. The zero-order chi connectivity index (χ0) is 17.5. The molecule has 2 heterocycles. The lowest BCUT2D eigenvalue weighted by Gasteiger charge is -2.37. The van der Waals surface area contributed by atoms with Gasteiger partial charge in [-0.1, -0.05) is 0 Å². The van der Waals surface area contributed by atoms with Crippen molar-refractivity contribution in [1.29, 1.82) is 0 Å². The van der Waals surface area contributed by atoms with Gasteiger partial charge in [-0.15, -0.1) is 0 Å². The molecular weight excluding hydrogens is 336 g/mol. The average Bonchev–Trinajstić information content (AvgIpc) is 3.18. The SMILES string of the molecule is COC1CCC(OCC(=O)N(CC2CCCS2)C2CCCCN2)CC1. The topological polar surface area (TPSA) is 50.8 Å². The molecule has 2 saturated heterocycles. The number of carbonyl (C=O) groups excluding carboxylic acids is 1. The van der Waals surface area contributed by atoms with E-state index >= 15 is 0 Å². The van der Waals surface area contributed by atoms with Gasteiger partial charge >= 0.3 is 0 Å². The van der Waals surface area contributed by atoms with Crippen LogP contribution in [0.25, 0.3) is 0 Å². The van der Waals surface area contributed by atoms with E-state index in [0.29, 0.717) is 11.4 Å². The normalized spacial score (nSPS) is 33.3. The minimum absolute atomic E-state index is 0.167. The van der Waals surface area contributed by atoms with Crippen molar-refractivity contribution in [3.05, 3.63) is 0 Å². The maximum atomic E-state index is 12.9. The molecule has 6 heteroatoms. The highest BCUT2D eigenvalue weighted by molar-refractivity contribution is 8.00. The van der Waals surface area contributed by atoms with Gasteiger partial charge in [0.2, 0.25) is 5.91 Å². The Labute approximate surface area is 156 Å². The molecule has 0 aromatic rings. The fraction of sp³-hybridized carbons (Fsp3) is 0.947. The van der Waals surface area contributed by atoms with Gasteiger partial charge in [-0.3, -0.25) is 10.1 Å². The zero-order valence-electron chi connectivity index (χ0n) is 15.6. The molecule has 1 aliphatic carbocycles. The Bertz CT molecular complexity index is 403. The minimum Gasteiger partial charge on any atom is -0.381 e. The summed E-state index contributed by atoms with van der Waals surface area (Å²) >= 11 is 2.02. The second-order valence-corrected chi connectivity index (χ2v) is 9.00. The summed E-state index contributed by atoms with van der Waals surface area (Å²) < 4.78 is 11.4. The van der Waals surface area contributed by atoms with Gasteiger partial charge in [0.05, 0.1) is 18.4 Å². The lowest BCUT2D eigenvalue weighted by Crippen LogP contribution is -2.53. The summed E-state index contributed by atoms with van der Waals surface area (Å²) in [6.07, 6.45) is 10.9. The van der Waals surface area contributed by atoms with Crippen LogP contribution >= 0.6 is 11.8 Å². The number of nitrogens with zero attached hydrogens (tertiary/aromatic N) is 1. The summed E-state index contributed by atoms with van der Waals surface area (Å²) in [6.45, 7) is 2.13. The molecule has 2 unspecified atom stereocenters. The van der Waals surface area contributed by atoms with Crippen molar-refractivity contribution in [2.24, 2.45) is 0 Å². The first kappa shape index (κ1) is 19.5. The number of ether oxygens (including phenoxy) is 2. The lowest BCUT2D eigenvalue weighted by molar-refractivity contribution is -0.143. The molecule has 0 aromatic carbocycles. The predicted octanol–water partition coefficient (Wildman–Crippen LogP) is 2.78. The zero-order valence-corrected chi connectivity index (χ0v) is 16.4. The standard InChI is InChI=1S/C19H34N2O3S/c1-23-15-7-9-16(10-8-15)24-14-19(22)21(13-17-5-4-12-25-17)18-6-2-3-11-20-18/h15-18,20H,2-14H2,1H3. The maximum Gasteiger partial charge on any atom is 0.249 e. The van der Waals surface area contributed by atoms with E-state index in [-0.39, 0.29) is 24.8 Å². The number of thioether (sulfide) groups is 1. The summed E-state index contributed by atoms with van der Waals surface area (Å²) in [5.41, 5.74) is 0. The number of nitrogens with one attached hydrogen (secondary N) is 1. The van der Waals surface area contributed by atoms with Crippen LogP contribution in [0, 0.1) is 0 Å². The van der Waals surface area contributed by atoms with Crippen molar-refractivity contribution in [2.45, 2.75) is 81.4 Å². The van der Waals surface area contributed by atoms with Gasteiger partial charge in [0.1, 0.15) is 6.61 Å². The highest BCUT2D eigenvalue weighted by atomic mass is 32.2. The van der Waals surface area contributed by atoms with Gasteiger partial charge < -0.3 is 14.4 Å². The Morgan fingerprint density at radius 3 is 2.52 bits per heavy atom. The van der Waals surface area contributed by atoms with Crippen molar-refractivity contribution in [1.82, 2.24) is 10.2 Å². The average molecular weight is 371 g/mol. The smallest absolute Gasteiger partial charge is 0.249 e. The monoisotopic (exact) mass is 370 g/mol. The molecule has 2 atom stereocenters. The van der Waals surface area contributed by atoms with E-state index in [1.807, 2.05) is 11.8 Å². The van der Waals surface area contributed by atoms with Crippen LogP contribution < -0.4 is 5.32 Å². The van der Waals surface area contributed by atoms with Crippen molar-refractivity contribution in [3.63, 3.8) is 0 Å². The van der Waals surface area contributed by atoms with Gasteiger partial charge in [0, 0.05) is 18.9 Å². The summed E-state index contributed by atoms with van der Waals surface area (Å²) in [5, 5.41) is 4.15. The molecule has 0 aromatic heterocycles. The first-order valence-electron chi connectivity index (χ1n) is 10.0. The van der Waals surface area contributed by atoms with E-state index in [0.717, 1.165) is 45.2 Å². The van der Waals surface area contributed by atoms with Crippen LogP contribution in [-0.4, -0.2) is 67.0 Å². The fourth-order valence-corrected chi connectivity index (χ4v) is 5.48. The fourth-order valence-electron chi connectivity index (χ4n) is 4.22. The van der Waals surface area contributed by atoms with Crippen LogP contribution in [0.1, 0.15) is 57.8 Å². The van der Waals surface area contributed by atoms with Gasteiger partial charge in [0.25, 0.3) is 0 Å². The molecule has 1 amide bonds.